The van der Waals surface area contributed by atoms with Gasteiger partial charge in [-0.25, -0.2) is 4.98 Å². The summed E-state index contributed by atoms with van der Waals surface area (Å²) in [5.74, 6) is -0.0489. The molecule has 0 saturated carbocycles. The number of halogens is 2. The Morgan fingerprint density at radius 1 is 1.15 bits per heavy atom. The van der Waals surface area contributed by atoms with Crippen molar-refractivity contribution in [1.82, 2.24) is 9.88 Å². The van der Waals surface area contributed by atoms with Gasteiger partial charge in [0.2, 0.25) is 0 Å². The Balaban J connectivity index is 0.00000243. The van der Waals surface area contributed by atoms with Gasteiger partial charge < -0.3 is 4.90 Å². The van der Waals surface area contributed by atoms with Crippen molar-refractivity contribution in [2.75, 3.05) is 32.1 Å². The summed E-state index contributed by atoms with van der Waals surface area (Å²) < 4.78 is 1.73. The van der Waals surface area contributed by atoms with Crippen LogP contribution in [0.3, 0.4) is 0 Å². The lowest BCUT2D eigenvalue weighted by atomic mass is 10.1. The summed E-state index contributed by atoms with van der Waals surface area (Å²) in [6, 6.07) is 7.78. The Kier molecular flexibility index (Phi) is 7.05. The molecule has 0 spiro atoms. The zero-order chi connectivity index (χ0) is 18.1. The molecule has 0 unspecified atom stereocenters. The zero-order valence-electron chi connectivity index (χ0n) is 15.1. The van der Waals surface area contributed by atoms with Crippen LogP contribution in [0.1, 0.15) is 20.8 Å². The van der Waals surface area contributed by atoms with Gasteiger partial charge in [0.15, 0.2) is 5.13 Å². The highest BCUT2D eigenvalue weighted by molar-refractivity contribution is 7.22. The van der Waals surface area contributed by atoms with Crippen molar-refractivity contribution < 1.29 is 4.79 Å². The SMILES string of the molecule is Cc1cc(C)c2nc(N(CCN(C)C)C(=O)c3ccc(Cl)s3)sc2c1.Cl. The fraction of sp³-hybridized carbons (Fsp3) is 0.333. The van der Waals surface area contributed by atoms with Gasteiger partial charge in [-0.05, 0) is 57.3 Å². The Morgan fingerprint density at radius 2 is 1.88 bits per heavy atom. The van der Waals surface area contributed by atoms with Crippen LogP contribution < -0.4 is 4.90 Å². The van der Waals surface area contributed by atoms with Crippen LogP contribution in [-0.4, -0.2) is 43.0 Å². The Labute approximate surface area is 172 Å². The maximum atomic E-state index is 13.0. The van der Waals surface area contributed by atoms with Gasteiger partial charge in [0, 0.05) is 13.1 Å². The molecule has 26 heavy (non-hydrogen) atoms. The van der Waals surface area contributed by atoms with Gasteiger partial charge in [0.1, 0.15) is 0 Å². The quantitative estimate of drug-likeness (QED) is 0.554. The van der Waals surface area contributed by atoms with Crippen molar-refractivity contribution in [2.45, 2.75) is 13.8 Å². The van der Waals surface area contributed by atoms with E-state index in [1.54, 1.807) is 28.4 Å². The molecule has 140 valence electrons. The second-order valence-corrected chi connectivity index (χ2v) is 9.01. The summed E-state index contributed by atoms with van der Waals surface area (Å²) in [5.41, 5.74) is 3.31. The number of carbonyl (C=O) groups excluding carboxylic acids is 1. The number of aryl methyl sites for hydroxylation is 2. The minimum Gasteiger partial charge on any atom is -0.308 e. The first-order valence-electron chi connectivity index (χ1n) is 7.95. The first kappa shape index (κ1) is 21.1. The van der Waals surface area contributed by atoms with Crippen molar-refractivity contribution in [2.24, 2.45) is 0 Å². The lowest BCUT2D eigenvalue weighted by molar-refractivity contribution is 0.0989. The van der Waals surface area contributed by atoms with Crippen LogP contribution in [0.4, 0.5) is 5.13 Å². The summed E-state index contributed by atoms with van der Waals surface area (Å²) in [5, 5.41) is 0.736. The molecule has 1 amide bonds. The molecule has 2 heterocycles. The average molecular weight is 430 g/mol. The number of hydrogen-bond acceptors (Lipinski definition) is 5. The third-order valence-corrected chi connectivity index (χ3v) is 6.09. The summed E-state index contributed by atoms with van der Waals surface area (Å²) >= 11 is 8.88. The summed E-state index contributed by atoms with van der Waals surface area (Å²) in [4.78, 5) is 22.2. The van der Waals surface area contributed by atoms with Gasteiger partial charge in [0.25, 0.3) is 5.91 Å². The van der Waals surface area contributed by atoms with Crippen LogP contribution >= 0.6 is 46.7 Å². The van der Waals surface area contributed by atoms with Gasteiger partial charge in [-0.3, -0.25) is 9.69 Å². The first-order chi connectivity index (χ1) is 11.8. The van der Waals surface area contributed by atoms with Crippen LogP contribution in [0, 0.1) is 13.8 Å². The number of carbonyl (C=O) groups is 1. The van der Waals surface area contributed by atoms with Crippen LogP contribution in [0.5, 0.6) is 0 Å². The second-order valence-electron chi connectivity index (χ2n) is 6.29. The van der Waals surface area contributed by atoms with Gasteiger partial charge in [-0.1, -0.05) is 29.0 Å². The molecule has 0 fully saturated rings. The van der Waals surface area contributed by atoms with Crippen molar-refractivity contribution in [3.63, 3.8) is 0 Å². The molecule has 0 aliphatic carbocycles. The maximum Gasteiger partial charge on any atom is 0.270 e. The molecule has 0 aliphatic rings. The van der Waals surface area contributed by atoms with Crippen molar-refractivity contribution >= 4 is 67.9 Å². The smallest absolute Gasteiger partial charge is 0.270 e. The highest BCUT2D eigenvalue weighted by atomic mass is 35.5. The minimum absolute atomic E-state index is 0. The third kappa shape index (κ3) is 4.56. The van der Waals surface area contributed by atoms with Gasteiger partial charge in [-0.15, -0.1) is 23.7 Å². The number of rotatable bonds is 5. The van der Waals surface area contributed by atoms with E-state index < -0.39 is 0 Å². The predicted octanol–water partition coefficient (Wildman–Crippen LogP) is 5.26. The van der Waals surface area contributed by atoms with Gasteiger partial charge in [0.05, 0.1) is 19.4 Å². The van der Waals surface area contributed by atoms with Crippen molar-refractivity contribution in [3.05, 3.63) is 44.6 Å². The fourth-order valence-electron chi connectivity index (χ4n) is 2.62. The monoisotopic (exact) mass is 429 g/mol. The van der Waals surface area contributed by atoms with Crippen LogP contribution in [-0.2, 0) is 0 Å². The van der Waals surface area contributed by atoms with E-state index in [0.29, 0.717) is 15.8 Å². The largest absolute Gasteiger partial charge is 0.308 e. The van der Waals surface area contributed by atoms with Crippen molar-refractivity contribution in [1.29, 1.82) is 0 Å². The topological polar surface area (TPSA) is 36.4 Å². The molecule has 2 aromatic heterocycles. The lowest BCUT2D eigenvalue weighted by Gasteiger charge is -2.21. The number of nitrogens with zero attached hydrogens (tertiary/aromatic N) is 3. The Morgan fingerprint density at radius 3 is 2.50 bits per heavy atom. The number of amides is 1. The number of thiazole rings is 1. The predicted molar refractivity (Wildman–Crippen MR) is 116 cm³/mol. The molecular formula is C18H21Cl2N3OS2. The lowest BCUT2D eigenvalue weighted by Crippen LogP contribution is -2.36. The number of likely N-dealkylation sites (N-methyl/N-ethyl adjacent to an activating group) is 1. The van der Waals surface area contributed by atoms with Crippen LogP contribution in [0.15, 0.2) is 24.3 Å². The molecule has 4 nitrogen and oxygen atoms in total. The van der Waals surface area contributed by atoms with Crippen LogP contribution in [0.2, 0.25) is 4.34 Å². The second kappa shape index (κ2) is 8.67. The average Bonchev–Trinajstić information content (AvgIpc) is 3.13. The van der Waals surface area contributed by atoms with E-state index in [9.17, 15) is 4.79 Å². The van der Waals surface area contributed by atoms with E-state index in [1.807, 2.05) is 14.1 Å². The molecule has 0 atom stereocenters. The number of benzene rings is 1. The van der Waals surface area contributed by atoms with Crippen molar-refractivity contribution in [3.8, 4) is 0 Å². The number of fused-ring (bicyclic) bond motifs is 1. The van der Waals surface area contributed by atoms with E-state index in [4.69, 9.17) is 16.6 Å². The fourth-order valence-corrected chi connectivity index (χ4v) is 4.78. The highest BCUT2D eigenvalue weighted by Crippen LogP contribution is 2.33. The highest BCUT2D eigenvalue weighted by Gasteiger charge is 2.23. The Bertz CT molecular complexity index is 920. The molecule has 3 aromatic rings. The third-order valence-electron chi connectivity index (χ3n) is 3.85. The summed E-state index contributed by atoms with van der Waals surface area (Å²) in [6.07, 6.45) is 0. The number of anilines is 1. The van der Waals surface area contributed by atoms with E-state index in [-0.39, 0.29) is 18.3 Å². The first-order valence-corrected chi connectivity index (χ1v) is 9.96. The maximum absolute atomic E-state index is 13.0. The molecule has 0 saturated heterocycles. The molecule has 0 radical (unpaired) electrons. The number of hydrogen-bond donors (Lipinski definition) is 0. The molecule has 8 heteroatoms. The van der Waals surface area contributed by atoms with E-state index in [0.717, 1.165) is 27.5 Å². The molecule has 0 bridgehead atoms. The van der Waals surface area contributed by atoms with Gasteiger partial charge in [-0.2, -0.15) is 0 Å². The van der Waals surface area contributed by atoms with E-state index in [1.165, 1.54) is 16.9 Å². The minimum atomic E-state index is -0.0489. The molecular weight excluding hydrogens is 409 g/mol. The van der Waals surface area contributed by atoms with E-state index >= 15 is 0 Å². The number of thiophene rings is 1. The van der Waals surface area contributed by atoms with E-state index in [2.05, 4.69) is 30.9 Å². The standard InChI is InChI=1S/C18H20ClN3OS2.ClH/c1-11-9-12(2)16-14(10-11)25-18(20-16)22(8-7-21(3)4)17(23)13-5-6-15(19)24-13;/h5-6,9-10H,7-8H2,1-4H3;1H. The number of aromatic nitrogens is 1. The zero-order valence-corrected chi connectivity index (χ0v) is 18.3. The Hall–Kier alpha value is -1.18. The molecule has 1 aromatic carbocycles. The molecule has 0 aliphatic heterocycles. The molecule has 3 rings (SSSR count). The normalized spacial score (nSPS) is 11.0. The summed E-state index contributed by atoms with van der Waals surface area (Å²) in [6.45, 7) is 5.48. The van der Waals surface area contributed by atoms with Gasteiger partial charge >= 0.3 is 0 Å². The molecule has 0 N–H and O–H groups in total. The van der Waals surface area contributed by atoms with Crippen LogP contribution in [0.25, 0.3) is 10.2 Å². The summed E-state index contributed by atoms with van der Waals surface area (Å²) in [7, 11) is 3.99.